The number of hydrogen-bond donors (Lipinski definition) is 1. The molecule has 2 saturated heterocycles. The number of unbranched alkanes of at least 4 members (excludes halogenated alkanes) is 1. The van der Waals surface area contributed by atoms with Crippen molar-refractivity contribution in [3.63, 3.8) is 0 Å². The normalized spacial score (nSPS) is 22.6. The molecule has 120 valence electrons. The second-order valence-electron chi connectivity index (χ2n) is 6.07. The fourth-order valence-corrected chi connectivity index (χ4v) is 3.02. The van der Waals surface area contributed by atoms with Gasteiger partial charge in [0.15, 0.2) is 0 Å². The van der Waals surface area contributed by atoms with Gasteiger partial charge in [-0.15, -0.1) is 0 Å². The van der Waals surface area contributed by atoms with Crippen LogP contribution in [0.3, 0.4) is 0 Å². The molecule has 0 aliphatic carbocycles. The van der Waals surface area contributed by atoms with Gasteiger partial charge in [0, 0.05) is 39.1 Å². The first-order valence-electron chi connectivity index (χ1n) is 8.42. The highest BCUT2D eigenvalue weighted by Gasteiger charge is 2.18. The Hall–Kier alpha value is -1.10. The van der Waals surface area contributed by atoms with Crippen LogP contribution in [0.4, 0.5) is 0 Å². The smallest absolute Gasteiger partial charge is 0.222 e. The molecular formula is C16H28N2O3. The van der Waals surface area contributed by atoms with Crippen molar-refractivity contribution in [1.29, 1.82) is 0 Å². The zero-order chi connectivity index (χ0) is 14.9. The van der Waals surface area contributed by atoms with Gasteiger partial charge in [0.05, 0.1) is 6.10 Å². The number of carbonyl (C=O) groups excluding carboxylic acids is 2. The molecule has 2 amide bonds. The third-order valence-corrected chi connectivity index (χ3v) is 4.33. The van der Waals surface area contributed by atoms with Crippen molar-refractivity contribution in [1.82, 2.24) is 10.2 Å². The first-order chi connectivity index (χ1) is 10.3. The number of likely N-dealkylation sites (tertiary alicyclic amines) is 1. The highest BCUT2D eigenvalue weighted by atomic mass is 16.5. The van der Waals surface area contributed by atoms with E-state index in [1.165, 1.54) is 12.8 Å². The summed E-state index contributed by atoms with van der Waals surface area (Å²) in [5, 5.41) is 2.94. The Morgan fingerprint density at radius 3 is 2.95 bits per heavy atom. The molecule has 0 radical (unpaired) electrons. The molecule has 0 bridgehead atoms. The SMILES string of the molecule is O=C(CCN1CCCCC1=O)NCCCC[C@H]1CCCO1. The maximum atomic E-state index is 11.7. The maximum Gasteiger partial charge on any atom is 0.222 e. The zero-order valence-electron chi connectivity index (χ0n) is 12.9. The Kier molecular flexibility index (Phi) is 7.00. The highest BCUT2D eigenvalue weighted by molar-refractivity contribution is 5.79. The number of amides is 2. The van der Waals surface area contributed by atoms with Crippen molar-refractivity contribution < 1.29 is 14.3 Å². The Bertz CT molecular complexity index is 340. The molecule has 0 unspecified atom stereocenters. The van der Waals surface area contributed by atoms with Crippen LogP contribution < -0.4 is 5.32 Å². The molecule has 1 atom stereocenters. The Morgan fingerprint density at radius 2 is 2.19 bits per heavy atom. The van der Waals surface area contributed by atoms with E-state index >= 15 is 0 Å². The van der Waals surface area contributed by atoms with E-state index < -0.39 is 0 Å². The summed E-state index contributed by atoms with van der Waals surface area (Å²) in [4.78, 5) is 25.2. The largest absolute Gasteiger partial charge is 0.378 e. The van der Waals surface area contributed by atoms with Crippen LogP contribution in [0, 0.1) is 0 Å². The molecule has 21 heavy (non-hydrogen) atoms. The predicted octanol–water partition coefficient (Wildman–Crippen LogP) is 1.85. The first-order valence-corrected chi connectivity index (χ1v) is 8.42. The molecule has 5 nitrogen and oxygen atoms in total. The van der Waals surface area contributed by atoms with Crippen molar-refractivity contribution >= 4 is 11.8 Å². The van der Waals surface area contributed by atoms with Crippen molar-refractivity contribution in [2.45, 2.75) is 63.9 Å². The molecular weight excluding hydrogens is 268 g/mol. The van der Waals surface area contributed by atoms with Crippen LogP contribution in [-0.2, 0) is 14.3 Å². The van der Waals surface area contributed by atoms with Crippen molar-refractivity contribution in [3.8, 4) is 0 Å². The quantitative estimate of drug-likeness (QED) is 0.696. The summed E-state index contributed by atoms with van der Waals surface area (Å²) >= 11 is 0. The van der Waals surface area contributed by atoms with Gasteiger partial charge in [-0.1, -0.05) is 0 Å². The number of ether oxygens (including phenoxy) is 1. The second kappa shape index (κ2) is 9.03. The molecule has 2 heterocycles. The third-order valence-electron chi connectivity index (χ3n) is 4.33. The maximum absolute atomic E-state index is 11.7. The minimum atomic E-state index is 0.0606. The molecule has 0 aromatic carbocycles. The molecule has 0 saturated carbocycles. The fraction of sp³-hybridized carbons (Fsp3) is 0.875. The molecule has 2 aliphatic heterocycles. The van der Waals surface area contributed by atoms with Gasteiger partial charge in [0.2, 0.25) is 11.8 Å². The van der Waals surface area contributed by atoms with Gasteiger partial charge in [0.25, 0.3) is 0 Å². The van der Waals surface area contributed by atoms with E-state index in [9.17, 15) is 9.59 Å². The first kappa shape index (κ1) is 16.3. The third kappa shape index (κ3) is 6.04. The Morgan fingerprint density at radius 1 is 1.29 bits per heavy atom. The summed E-state index contributed by atoms with van der Waals surface area (Å²) in [5.74, 6) is 0.260. The van der Waals surface area contributed by atoms with E-state index in [1.807, 2.05) is 4.90 Å². The van der Waals surface area contributed by atoms with Crippen molar-refractivity contribution in [3.05, 3.63) is 0 Å². The average Bonchev–Trinajstić information content (AvgIpc) is 2.99. The minimum absolute atomic E-state index is 0.0606. The molecule has 0 aromatic rings. The molecule has 2 rings (SSSR count). The average molecular weight is 296 g/mol. The van der Waals surface area contributed by atoms with Crippen LogP contribution in [0.25, 0.3) is 0 Å². The van der Waals surface area contributed by atoms with Gasteiger partial charge in [-0.05, 0) is 44.9 Å². The summed E-state index contributed by atoms with van der Waals surface area (Å²) in [6.07, 6.45) is 9.19. The van der Waals surface area contributed by atoms with Gasteiger partial charge >= 0.3 is 0 Å². The predicted molar refractivity (Wildman–Crippen MR) is 80.9 cm³/mol. The van der Waals surface area contributed by atoms with Gasteiger partial charge in [0.1, 0.15) is 0 Å². The van der Waals surface area contributed by atoms with E-state index in [1.54, 1.807) is 0 Å². The van der Waals surface area contributed by atoms with Gasteiger partial charge in [-0.3, -0.25) is 9.59 Å². The van der Waals surface area contributed by atoms with Crippen LogP contribution in [0.1, 0.15) is 57.8 Å². The minimum Gasteiger partial charge on any atom is -0.378 e. The number of hydrogen-bond acceptors (Lipinski definition) is 3. The standard InChI is InChI=1S/C16H28N2O3/c19-15(9-12-18-11-4-2-8-16(18)20)17-10-3-1-6-14-7-5-13-21-14/h14H,1-13H2,(H,17,19)/t14-/m0/s1. The lowest BCUT2D eigenvalue weighted by atomic mass is 10.1. The van der Waals surface area contributed by atoms with Crippen LogP contribution >= 0.6 is 0 Å². The summed E-state index contributed by atoms with van der Waals surface area (Å²) < 4.78 is 5.57. The fourth-order valence-electron chi connectivity index (χ4n) is 3.02. The zero-order valence-corrected chi connectivity index (χ0v) is 12.9. The lowest BCUT2D eigenvalue weighted by Crippen LogP contribution is -2.38. The molecule has 2 aliphatic rings. The number of nitrogens with zero attached hydrogens (tertiary/aromatic N) is 1. The molecule has 0 spiro atoms. The van der Waals surface area contributed by atoms with E-state index in [0.29, 0.717) is 25.5 Å². The Balaban J connectivity index is 1.46. The lowest BCUT2D eigenvalue weighted by Gasteiger charge is -2.26. The number of piperidine rings is 1. The topological polar surface area (TPSA) is 58.6 Å². The van der Waals surface area contributed by atoms with Crippen LogP contribution in [0.15, 0.2) is 0 Å². The summed E-state index contributed by atoms with van der Waals surface area (Å²) in [6, 6.07) is 0. The summed E-state index contributed by atoms with van der Waals surface area (Å²) in [7, 11) is 0. The monoisotopic (exact) mass is 296 g/mol. The summed E-state index contributed by atoms with van der Waals surface area (Å²) in [6.45, 7) is 3.03. The van der Waals surface area contributed by atoms with Crippen LogP contribution in [0.2, 0.25) is 0 Å². The van der Waals surface area contributed by atoms with E-state index in [2.05, 4.69) is 5.32 Å². The summed E-state index contributed by atoms with van der Waals surface area (Å²) in [5.41, 5.74) is 0. The van der Waals surface area contributed by atoms with Crippen molar-refractivity contribution in [2.24, 2.45) is 0 Å². The van der Waals surface area contributed by atoms with Gasteiger partial charge in [-0.25, -0.2) is 0 Å². The second-order valence-corrected chi connectivity index (χ2v) is 6.07. The molecule has 5 heteroatoms. The molecule has 2 fully saturated rings. The highest BCUT2D eigenvalue weighted by Crippen LogP contribution is 2.17. The van der Waals surface area contributed by atoms with E-state index in [-0.39, 0.29) is 11.8 Å². The van der Waals surface area contributed by atoms with Gasteiger partial charge < -0.3 is 15.0 Å². The lowest BCUT2D eigenvalue weighted by molar-refractivity contribution is -0.133. The Labute approximate surface area is 127 Å². The van der Waals surface area contributed by atoms with Crippen molar-refractivity contribution in [2.75, 3.05) is 26.2 Å². The number of rotatable bonds is 8. The van der Waals surface area contributed by atoms with Gasteiger partial charge in [-0.2, -0.15) is 0 Å². The molecule has 1 N–H and O–H groups in total. The molecule has 0 aromatic heterocycles. The van der Waals surface area contributed by atoms with Crippen LogP contribution in [-0.4, -0.2) is 49.1 Å². The van der Waals surface area contributed by atoms with E-state index in [4.69, 9.17) is 4.74 Å². The number of carbonyl (C=O) groups is 2. The van der Waals surface area contributed by atoms with Crippen LogP contribution in [0.5, 0.6) is 0 Å². The van der Waals surface area contributed by atoms with E-state index in [0.717, 1.165) is 51.8 Å². The number of nitrogens with one attached hydrogen (secondary N) is 1.